The van der Waals surface area contributed by atoms with Crippen molar-refractivity contribution in [2.24, 2.45) is 0 Å². The second-order valence-electron chi connectivity index (χ2n) is 3.66. The summed E-state index contributed by atoms with van der Waals surface area (Å²) in [5.74, 6) is 0. The van der Waals surface area contributed by atoms with Gasteiger partial charge in [-0.05, 0) is 17.7 Å². The van der Waals surface area contributed by atoms with Gasteiger partial charge in [0.15, 0.2) is 0 Å². The van der Waals surface area contributed by atoms with Gasteiger partial charge in [0.2, 0.25) is 0 Å². The summed E-state index contributed by atoms with van der Waals surface area (Å²) in [4.78, 5) is 2.48. The molecular weight excluding hydrogens is 240 g/mol. The number of nitrogens with one attached hydrogen (secondary N) is 1. The molecule has 1 saturated heterocycles. The van der Waals surface area contributed by atoms with Crippen LogP contribution >= 0.6 is 15.9 Å². The molecule has 0 unspecified atom stereocenters. The first-order valence-corrected chi connectivity index (χ1v) is 5.81. The van der Waals surface area contributed by atoms with Gasteiger partial charge in [0.05, 0.1) is 0 Å². The molecule has 0 radical (unpaired) electrons. The molecule has 76 valence electrons. The topological polar surface area (TPSA) is 15.3 Å². The highest BCUT2D eigenvalue weighted by molar-refractivity contribution is 9.10. The van der Waals surface area contributed by atoms with Crippen LogP contribution < -0.4 is 5.32 Å². The van der Waals surface area contributed by atoms with Gasteiger partial charge in [0, 0.05) is 37.2 Å². The summed E-state index contributed by atoms with van der Waals surface area (Å²) >= 11 is 3.50. The largest absolute Gasteiger partial charge is 0.314 e. The monoisotopic (exact) mass is 254 g/mol. The Bertz CT molecular complexity index is 295. The Kier molecular flexibility index (Phi) is 3.56. The second-order valence-corrected chi connectivity index (χ2v) is 4.57. The van der Waals surface area contributed by atoms with E-state index in [9.17, 15) is 0 Å². The summed E-state index contributed by atoms with van der Waals surface area (Å²) in [6, 6.07) is 8.55. The van der Waals surface area contributed by atoms with Crippen molar-refractivity contribution >= 4 is 15.9 Å². The van der Waals surface area contributed by atoms with Gasteiger partial charge in [0.1, 0.15) is 0 Å². The Balaban J connectivity index is 1.95. The average molecular weight is 255 g/mol. The van der Waals surface area contributed by atoms with Gasteiger partial charge in [-0.1, -0.05) is 28.1 Å². The summed E-state index contributed by atoms with van der Waals surface area (Å²) in [5.41, 5.74) is 1.39. The zero-order chi connectivity index (χ0) is 9.80. The molecule has 1 aliphatic rings. The van der Waals surface area contributed by atoms with Crippen molar-refractivity contribution in [2.45, 2.75) is 6.54 Å². The van der Waals surface area contributed by atoms with Gasteiger partial charge in [-0.15, -0.1) is 0 Å². The Labute approximate surface area is 93.4 Å². The summed E-state index contributed by atoms with van der Waals surface area (Å²) in [6.45, 7) is 5.63. The van der Waals surface area contributed by atoms with E-state index in [1.165, 1.54) is 10.0 Å². The van der Waals surface area contributed by atoms with E-state index in [2.05, 4.69) is 50.4 Å². The summed E-state index contributed by atoms with van der Waals surface area (Å²) < 4.78 is 1.17. The molecule has 1 aromatic rings. The highest BCUT2D eigenvalue weighted by atomic mass is 79.9. The molecule has 0 saturated carbocycles. The van der Waals surface area contributed by atoms with E-state index in [0.717, 1.165) is 32.7 Å². The molecule has 0 amide bonds. The standard InChI is InChI=1S/C11H15BrN2/c12-11-3-1-2-10(8-11)9-14-6-4-13-5-7-14/h1-3,8,13H,4-7,9H2. The molecule has 1 aliphatic heterocycles. The van der Waals surface area contributed by atoms with E-state index in [-0.39, 0.29) is 0 Å². The molecule has 0 bridgehead atoms. The van der Waals surface area contributed by atoms with Gasteiger partial charge in [0.25, 0.3) is 0 Å². The van der Waals surface area contributed by atoms with Crippen molar-refractivity contribution in [2.75, 3.05) is 26.2 Å². The highest BCUT2D eigenvalue weighted by Gasteiger charge is 2.09. The Morgan fingerprint density at radius 3 is 2.79 bits per heavy atom. The van der Waals surface area contributed by atoms with Gasteiger partial charge < -0.3 is 5.32 Å². The van der Waals surface area contributed by atoms with Gasteiger partial charge in [-0.2, -0.15) is 0 Å². The summed E-state index contributed by atoms with van der Waals surface area (Å²) in [7, 11) is 0. The first-order valence-electron chi connectivity index (χ1n) is 5.02. The summed E-state index contributed by atoms with van der Waals surface area (Å²) in [6.07, 6.45) is 0. The molecule has 1 aromatic carbocycles. The minimum Gasteiger partial charge on any atom is -0.314 e. The second kappa shape index (κ2) is 4.91. The fourth-order valence-electron chi connectivity index (χ4n) is 1.76. The molecule has 0 aliphatic carbocycles. The molecule has 2 rings (SSSR count). The van der Waals surface area contributed by atoms with Crippen molar-refractivity contribution in [3.8, 4) is 0 Å². The van der Waals surface area contributed by atoms with Crippen LogP contribution in [0.1, 0.15) is 5.56 Å². The lowest BCUT2D eigenvalue weighted by molar-refractivity contribution is 0.233. The fourth-order valence-corrected chi connectivity index (χ4v) is 2.21. The van der Waals surface area contributed by atoms with Crippen molar-refractivity contribution in [1.82, 2.24) is 10.2 Å². The van der Waals surface area contributed by atoms with Crippen molar-refractivity contribution in [3.05, 3.63) is 34.3 Å². The van der Waals surface area contributed by atoms with Crippen LogP contribution in [0.2, 0.25) is 0 Å². The minimum absolute atomic E-state index is 1.07. The van der Waals surface area contributed by atoms with Crippen LogP contribution in [-0.4, -0.2) is 31.1 Å². The van der Waals surface area contributed by atoms with E-state index in [1.54, 1.807) is 0 Å². The number of benzene rings is 1. The number of hydrogen-bond acceptors (Lipinski definition) is 2. The maximum absolute atomic E-state index is 3.50. The molecule has 0 spiro atoms. The Morgan fingerprint density at radius 1 is 1.29 bits per heavy atom. The normalized spacial score (nSPS) is 18.4. The lowest BCUT2D eigenvalue weighted by Crippen LogP contribution is -2.42. The quantitative estimate of drug-likeness (QED) is 0.867. The molecule has 0 atom stereocenters. The average Bonchev–Trinajstić information content (AvgIpc) is 2.19. The maximum atomic E-state index is 3.50. The van der Waals surface area contributed by atoms with Crippen LogP contribution in [0, 0.1) is 0 Å². The SMILES string of the molecule is Brc1cccc(CN2CCNCC2)c1. The van der Waals surface area contributed by atoms with E-state index >= 15 is 0 Å². The van der Waals surface area contributed by atoms with Gasteiger partial charge >= 0.3 is 0 Å². The predicted molar refractivity (Wildman–Crippen MR) is 62.3 cm³/mol. The van der Waals surface area contributed by atoms with Crippen LogP contribution in [0.15, 0.2) is 28.7 Å². The number of nitrogens with zero attached hydrogens (tertiary/aromatic N) is 1. The van der Waals surface area contributed by atoms with Crippen LogP contribution in [0.4, 0.5) is 0 Å². The first kappa shape index (κ1) is 10.1. The molecular formula is C11H15BrN2. The lowest BCUT2D eigenvalue weighted by Gasteiger charge is -2.27. The highest BCUT2D eigenvalue weighted by Crippen LogP contribution is 2.13. The molecule has 1 fully saturated rings. The number of hydrogen-bond donors (Lipinski definition) is 1. The fraction of sp³-hybridized carbons (Fsp3) is 0.455. The van der Waals surface area contributed by atoms with E-state index < -0.39 is 0 Å². The third-order valence-corrected chi connectivity index (χ3v) is 3.00. The molecule has 1 heterocycles. The minimum atomic E-state index is 1.07. The molecule has 3 heteroatoms. The van der Waals surface area contributed by atoms with Crippen LogP contribution in [0.25, 0.3) is 0 Å². The van der Waals surface area contributed by atoms with Crippen LogP contribution in [-0.2, 0) is 6.54 Å². The van der Waals surface area contributed by atoms with Gasteiger partial charge in [-0.3, -0.25) is 4.90 Å². The number of piperazine rings is 1. The maximum Gasteiger partial charge on any atom is 0.0235 e. The van der Waals surface area contributed by atoms with Crippen molar-refractivity contribution in [3.63, 3.8) is 0 Å². The summed E-state index contributed by atoms with van der Waals surface area (Å²) in [5, 5.41) is 3.36. The molecule has 1 N–H and O–H groups in total. The number of rotatable bonds is 2. The van der Waals surface area contributed by atoms with Crippen molar-refractivity contribution in [1.29, 1.82) is 0 Å². The van der Waals surface area contributed by atoms with Crippen molar-refractivity contribution < 1.29 is 0 Å². The predicted octanol–water partition coefficient (Wildman–Crippen LogP) is 1.85. The molecule has 0 aromatic heterocycles. The van der Waals surface area contributed by atoms with E-state index in [1.807, 2.05) is 0 Å². The zero-order valence-electron chi connectivity index (χ0n) is 8.17. The lowest BCUT2D eigenvalue weighted by atomic mass is 10.2. The number of halogens is 1. The molecule has 2 nitrogen and oxygen atoms in total. The third-order valence-electron chi connectivity index (χ3n) is 2.50. The van der Waals surface area contributed by atoms with Crippen LogP contribution in [0.3, 0.4) is 0 Å². The Hall–Kier alpha value is -0.380. The van der Waals surface area contributed by atoms with Gasteiger partial charge in [-0.25, -0.2) is 0 Å². The van der Waals surface area contributed by atoms with E-state index in [4.69, 9.17) is 0 Å². The Morgan fingerprint density at radius 2 is 2.07 bits per heavy atom. The molecule has 14 heavy (non-hydrogen) atoms. The zero-order valence-corrected chi connectivity index (χ0v) is 9.76. The first-order chi connectivity index (χ1) is 6.84. The van der Waals surface area contributed by atoms with Crippen LogP contribution in [0.5, 0.6) is 0 Å². The van der Waals surface area contributed by atoms with E-state index in [0.29, 0.717) is 0 Å². The smallest absolute Gasteiger partial charge is 0.0235 e. The third kappa shape index (κ3) is 2.80.